The molecule has 0 unspecified atom stereocenters. The van der Waals surface area contributed by atoms with Crippen LogP contribution in [-0.2, 0) is 10.2 Å². The molecule has 0 radical (unpaired) electrons. The normalized spacial score (nSPS) is 18.7. The zero-order valence-electron chi connectivity index (χ0n) is 14.4. The summed E-state index contributed by atoms with van der Waals surface area (Å²) in [5.41, 5.74) is -0.0829. The second kappa shape index (κ2) is 6.82. The molecule has 1 aromatic heterocycles. The lowest BCUT2D eigenvalue weighted by Gasteiger charge is -2.33. The van der Waals surface area contributed by atoms with Crippen molar-refractivity contribution in [1.29, 1.82) is 0 Å². The number of carbonyl (C=O) groups is 2. The highest BCUT2D eigenvalue weighted by Gasteiger charge is 2.30. The first-order chi connectivity index (χ1) is 10.7. The third kappa shape index (κ3) is 4.40. The Labute approximate surface area is 141 Å². The standard InChI is InChI=1S/C15H25N5O2S/c1-15(2,3)12-17-18-13(23-12)16-11(21)10-7-6-8-20(9-10)14(22)19(4)5/h10H,6-9H2,1-5H3,(H,16,18,21)/t10-/m0/s1. The molecule has 1 aliphatic rings. The van der Waals surface area contributed by atoms with Crippen molar-refractivity contribution in [2.45, 2.75) is 39.0 Å². The van der Waals surface area contributed by atoms with Crippen LogP contribution in [0.2, 0.25) is 0 Å². The Morgan fingerprint density at radius 2 is 2.00 bits per heavy atom. The first-order valence-electron chi connectivity index (χ1n) is 7.79. The number of hydrogen-bond acceptors (Lipinski definition) is 5. The van der Waals surface area contributed by atoms with Gasteiger partial charge in [-0.2, -0.15) is 0 Å². The van der Waals surface area contributed by atoms with Crippen molar-refractivity contribution in [3.63, 3.8) is 0 Å². The van der Waals surface area contributed by atoms with Crippen LogP contribution in [0, 0.1) is 5.92 Å². The molecule has 0 bridgehead atoms. The van der Waals surface area contributed by atoms with Crippen molar-refractivity contribution in [3.05, 3.63) is 5.01 Å². The van der Waals surface area contributed by atoms with Crippen molar-refractivity contribution in [1.82, 2.24) is 20.0 Å². The predicted octanol–water partition coefficient (Wildman–Crippen LogP) is 2.17. The zero-order valence-corrected chi connectivity index (χ0v) is 15.2. The summed E-state index contributed by atoms with van der Waals surface area (Å²) in [5, 5.41) is 12.4. The summed E-state index contributed by atoms with van der Waals surface area (Å²) in [7, 11) is 3.45. The van der Waals surface area contributed by atoms with E-state index < -0.39 is 0 Å². The Kier molecular flexibility index (Phi) is 5.23. The SMILES string of the molecule is CN(C)C(=O)N1CCC[C@H](C(=O)Nc2nnc(C(C)(C)C)s2)C1. The monoisotopic (exact) mass is 339 g/mol. The molecule has 8 heteroatoms. The van der Waals surface area contributed by atoms with E-state index in [1.54, 1.807) is 23.9 Å². The van der Waals surface area contributed by atoms with Crippen LogP contribution in [0.15, 0.2) is 0 Å². The van der Waals surface area contributed by atoms with Crippen LogP contribution >= 0.6 is 11.3 Å². The van der Waals surface area contributed by atoms with Crippen molar-refractivity contribution in [2.24, 2.45) is 5.92 Å². The molecule has 1 aromatic rings. The van der Waals surface area contributed by atoms with Crippen LogP contribution < -0.4 is 5.32 Å². The number of nitrogens with zero attached hydrogens (tertiary/aromatic N) is 4. The third-order valence-corrected chi connectivity index (χ3v) is 5.01. The van der Waals surface area contributed by atoms with Crippen LogP contribution in [0.25, 0.3) is 0 Å². The number of carbonyl (C=O) groups excluding carboxylic acids is 2. The number of hydrogen-bond donors (Lipinski definition) is 1. The summed E-state index contributed by atoms with van der Waals surface area (Å²) in [6, 6.07) is -0.0477. The number of likely N-dealkylation sites (tertiary alicyclic amines) is 1. The van der Waals surface area contributed by atoms with Crippen LogP contribution in [0.5, 0.6) is 0 Å². The Morgan fingerprint density at radius 1 is 1.30 bits per heavy atom. The molecule has 3 amide bonds. The molecule has 1 aliphatic heterocycles. The van der Waals surface area contributed by atoms with Gasteiger partial charge in [-0.05, 0) is 12.8 Å². The molecule has 1 fully saturated rings. The maximum Gasteiger partial charge on any atom is 0.319 e. The maximum absolute atomic E-state index is 12.4. The molecule has 23 heavy (non-hydrogen) atoms. The number of piperidine rings is 1. The number of amides is 3. The minimum Gasteiger partial charge on any atom is -0.331 e. The summed E-state index contributed by atoms with van der Waals surface area (Å²) in [5.74, 6) is -0.285. The van der Waals surface area contributed by atoms with Gasteiger partial charge in [-0.3, -0.25) is 4.79 Å². The molecule has 0 saturated carbocycles. The lowest BCUT2D eigenvalue weighted by molar-refractivity contribution is -0.121. The van der Waals surface area contributed by atoms with Crippen LogP contribution in [0.3, 0.4) is 0 Å². The fourth-order valence-electron chi connectivity index (χ4n) is 2.43. The maximum atomic E-state index is 12.4. The lowest BCUT2D eigenvalue weighted by atomic mass is 9.97. The second-order valence-electron chi connectivity index (χ2n) is 7.11. The van der Waals surface area contributed by atoms with Gasteiger partial charge in [-0.1, -0.05) is 32.1 Å². The number of rotatable bonds is 2. The average Bonchev–Trinajstić information content (AvgIpc) is 2.95. The van der Waals surface area contributed by atoms with Crippen LogP contribution in [-0.4, -0.2) is 59.1 Å². The zero-order chi connectivity index (χ0) is 17.2. The summed E-state index contributed by atoms with van der Waals surface area (Å²) < 4.78 is 0. The highest BCUT2D eigenvalue weighted by Crippen LogP contribution is 2.28. The van der Waals surface area contributed by atoms with Gasteiger partial charge in [0.2, 0.25) is 11.0 Å². The number of aromatic nitrogens is 2. The fourth-order valence-corrected chi connectivity index (χ4v) is 3.24. The summed E-state index contributed by atoms with van der Waals surface area (Å²) in [6.45, 7) is 7.34. The summed E-state index contributed by atoms with van der Waals surface area (Å²) in [6.07, 6.45) is 1.62. The van der Waals surface area contributed by atoms with Gasteiger partial charge in [-0.25, -0.2) is 4.79 Å². The van der Waals surface area contributed by atoms with Gasteiger partial charge in [0.25, 0.3) is 0 Å². The Morgan fingerprint density at radius 3 is 2.57 bits per heavy atom. The minimum atomic E-state index is -0.199. The van der Waals surface area contributed by atoms with Gasteiger partial charge in [0.15, 0.2) is 0 Å². The van der Waals surface area contributed by atoms with E-state index in [0.29, 0.717) is 18.2 Å². The van der Waals surface area contributed by atoms with Crippen molar-refractivity contribution in [2.75, 3.05) is 32.5 Å². The molecule has 2 heterocycles. The van der Waals surface area contributed by atoms with E-state index in [1.807, 2.05) is 0 Å². The highest BCUT2D eigenvalue weighted by atomic mass is 32.1. The molecule has 128 valence electrons. The minimum absolute atomic E-state index is 0.0477. The van der Waals surface area contributed by atoms with E-state index in [2.05, 4.69) is 36.3 Å². The van der Waals surface area contributed by atoms with Crippen LogP contribution in [0.1, 0.15) is 38.6 Å². The van der Waals surface area contributed by atoms with E-state index in [-0.39, 0.29) is 23.3 Å². The molecule has 2 rings (SSSR count). The van der Waals surface area contributed by atoms with Gasteiger partial charge in [0.05, 0.1) is 5.92 Å². The number of urea groups is 1. The molecule has 1 atom stereocenters. The van der Waals surface area contributed by atoms with Crippen molar-refractivity contribution < 1.29 is 9.59 Å². The topological polar surface area (TPSA) is 78.4 Å². The summed E-state index contributed by atoms with van der Waals surface area (Å²) >= 11 is 1.40. The first kappa shape index (κ1) is 17.7. The number of nitrogens with one attached hydrogen (secondary N) is 1. The highest BCUT2D eigenvalue weighted by molar-refractivity contribution is 7.15. The molecule has 0 aromatic carbocycles. The molecular formula is C15H25N5O2S. The van der Waals surface area contributed by atoms with Gasteiger partial charge in [0.1, 0.15) is 5.01 Å². The van der Waals surface area contributed by atoms with Gasteiger partial charge < -0.3 is 15.1 Å². The molecule has 1 N–H and O–H groups in total. The molecular weight excluding hydrogens is 314 g/mol. The Hall–Kier alpha value is -1.70. The van der Waals surface area contributed by atoms with Gasteiger partial charge in [-0.15, -0.1) is 10.2 Å². The predicted molar refractivity (Wildman–Crippen MR) is 90.6 cm³/mol. The molecule has 0 aliphatic carbocycles. The third-order valence-electron chi connectivity index (χ3n) is 3.74. The largest absolute Gasteiger partial charge is 0.331 e. The molecule has 0 spiro atoms. The van der Waals surface area contributed by atoms with Gasteiger partial charge >= 0.3 is 6.03 Å². The first-order valence-corrected chi connectivity index (χ1v) is 8.61. The van der Waals surface area contributed by atoms with E-state index in [0.717, 1.165) is 17.8 Å². The smallest absolute Gasteiger partial charge is 0.319 e. The van der Waals surface area contributed by atoms with E-state index >= 15 is 0 Å². The van der Waals surface area contributed by atoms with Crippen LogP contribution in [0.4, 0.5) is 9.93 Å². The molecule has 7 nitrogen and oxygen atoms in total. The van der Waals surface area contributed by atoms with E-state index in [9.17, 15) is 9.59 Å². The second-order valence-corrected chi connectivity index (χ2v) is 8.09. The van der Waals surface area contributed by atoms with Crippen molar-refractivity contribution in [3.8, 4) is 0 Å². The summed E-state index contributed by atoms with van der Waals surface area (Å²) in [4.78, 5) is 27.8. The lowest BCUT2D eigenvalue weighted by Crippen LogP contribution is -2.47. The van der Waals surface area contributed by atoms with Gasteiger partial charge in [0, 0.05) is 32.6 Å². The average molecular weight is 339 g/mol. The Balaban J connectivity index is 1.97. The Bertz CT molecular complexity index is 579. The van der Waals surface area contributed by atoms with E-state index in [4.69, 9.17) is 0 Å². The fraction of sp³-hybridized carbons (Fsp3) is 0.733. The van der Waals surface area contributed by atoms with Crippen molar-refractivity contribution >= 4 is 28.4 Å². The number of anilines is 1. The van der Waals surface area contributed by atoms with E-state index in [1.165, 1.54) is 11.3 Å². The quantitative estimate of drug-likeness (QED) is 0.895. The molecule has 1 saturated heterocycles.